The molecule has 2 heterocycles. The summed E-state index contributed by atoms with van der Waals surface area (Å²) in [5.41, 5.74) is 3.86. The predicted molar refractivity (Wildman–Crippen MR) is 111 cm³/mol. The maximum absolute atomic E-state index is 12.4. The summed E-state index contributed by atoms with van der Waals surface area (Å²) in [6.45, 7) is 7.95. The number of nitrogens with zero attached hydrogens (tertiary/aromatic N) is 3. The van der Waals surface area contributed by atoms with E-state index in [1.165, 1.54) is 25.7 Å². The maximum Gasteiger partial charge on any atom is 0.251 e. The lowest BCUT2D eigenvalue weighted by Gasteiger charge is -2.23. The van der Waals surface area contributed by atoms with Crippen molar-refractivity contribution in [3.05, 3.63) is 41.7 Å². The molecular formula is C22H32N4O2. The molecule has 0 radical (unpaired) electrons. The summed E-state index contributed by atoms with van der Waals surface area (Å²) >= 11 is 0. The van der Waals surface area contributed by atoms with Gasteiger partial charge in [0, 0.05) is 36.5 Å². The number of rotatable bonds is 7. The van der Waals surface area contributed by atoms with E-state index < -0.39 is 6.10 Å². The molecule has 1 atom stereocenters. The molecule has 0 bridgehead atoms. The fourth-order valence-corrected chi connectivity index (χ4v) is 3.84. The number of aromatic nitrogens is 2. The SMILES string of the molecule is CCn1ncc(-c2ccc(C(=O)NCC(O)CN3CCCCCC3)cc2)c1C. The number of aryl methyl sites for hydroxylation is 1. The van der Waals surface area contributed by atoms with Gasteiger partial charge >= 0.3 is 0 Å². The van der Waals surface area contributed by atoms with Gasteiger partial charge in [0.2, 0.25) is 0 Å². The molecule has 28 heavy (non-hydrogen) atoms. The highest BCUT2D eigenvalue weighted by molar-refractivity contribution is 5.94. The number of aliphatic hydroxyl groups is 1. The lowest BCUT2D eigenvalue weighted by atomic mass is 10.0. The third kappa shape index (κ3) is 5.20. The van der Waals surface area contributed by atoms with Gasteiger partial charge in [0.15, 0.2) is 0 Å². The largest absolute Gasteiger partial charge is 0.390 e. The molecule has 6 nitrogen and oxygen atoms in total. The van der Waals surface area contributed by atoms with Crippen molar-refractivity contribution in [2.24, 2.45) is 0 Å². The molecule has 1 aromatic heterocycles. The van der Waals surface area contributed by atoms with Crippen LogP contribution in [0.1, 0.15) is 48.7 Å². The van der Waals surface area contributed by atoms with Crippen LogP contribution >= 0.6 is 0 Å². The van der Waals surface area contributed by atoms with Gasteiger partial charge in [-0.1, -0.05) is 25.0 Å². The van der Waals surface area contributed by atoms with Crippen LogP contribution in [0.3, 0.4) is 0 Å². The predicted octanol–water partition coefficient (Wildman–Crippen LogP) is 2.85. The Bertz CT molecular complexity index is 761. The summed E-state index contributed by atoms with van der Waals surface area (Å²) in [6, 6.07) is 7.56. The second-order valence-electron chi connectivity index (χ2n) is 7.62. The van der Waals surface area contributed by atoms with Crippen LogP contribution in [0.4, 0.5) is 0 Å². The molecule has 152 valence electrons. The molecule has 2 N–H and O–H groups in total. The van der Waals surface area contributed by atoms with Crippen molar-refractivity contribution in [1.82, 2.24) is 20.0 Å². The number of hydrogen-bond donors (Lipinski definition) is 2. The highest BCUT2D eigenvalue weighted by Gasteiger charge is 2.15. The Balaban J connectivity index is 1.52. The van der Waals surface area contributed by atoms with Crippen LogP contribution in [-0.2, 0) is 6.54 Å². The smallest absolute Gasteiger partial charge is 0.251 e. The summed E-state index contributed by atoms with van der Waals surface area (Å²) in [6.07, 6.45) is 6.27. The van der Waals surface area contributed by atoms with E-state index in [2.05, 4.69) is 29.2 Å². The Hall–Kier alpha value is -2.18. The molecule has 1 aromatic carbocycles. The van der Waals surface area contributed by atoms with Crippen LogP contribution in [-0.4, -0.2) is 58.0 Å². The van der Waals surface area contributed by atoms with Crippen molar-refractivity contribution >= 4 is 5.91 Å². The molecule has 0 saturated carbocycles. The molecule has 1 fully saturated rings. The Morgan fingerprint density at radius 2 is 1.86 bits per heavy atom. The monoisotopic (exact) mass is 384 g/mol. The van der Waals surface area contributed by atoms with Gasteiger partial charge in [0.25, 0.3) is 5.91 Å². The minimum absolute atomic E-state index is 0.151. The quantitative estimate of drug-likeness (QED) is 0.770. The van der Waals surface area contributed by atoms with Crippen molar-refractivity contribution in [1.29, 1.82) is 0 Å². The van der Waals surface area contributed by atoms with E-state index in [-0.39, 0.29) is 12.5 Å². The number of amides is 1. The molecule has 0 spiro atoms. The number of benzene rings is 1. The van der Waals surface area contributed by atoms with E-state index in [1.54, 1.807) is 0 Å². The first-order valence-electron chi connectivity index (χ1n) is 10.4. The minimum Gasteiger partial charge on any atom is -0.390 e. The average Bonchev–Trinajstić information content (AvgIpc) is 2.90. The fraction of sp³-hybridized carbons (Fsp3) is 0.545. The lowest BCUT2D eigenvalue weighted by molar-refractivity contribution is 0.0862. The first-order chi connectivity index (χ1) is 13.6. The first-order valence-corrected chi connectivity index (χ1v) is 10.4. The molecule has 6 heteroatoms. The molecule has 3 rings (SSSR count). The van der Waals surface area contributed by atoms with Crippen LogP contribution in [0.25, 0.3) is 11.1 Å². The third-order valence-corrected chi connectivity index (χ3v) is 5.53. The number of aliphatic hydroxyl groups excluding tert-OH is 1. The Morgan fingerprint density at radius 3 is 2.46 bits per heavy atom. The second-order valence-corrected chi connectivity index (χ2v) is 7.62. The summed E-state index contributed by atoms with van der Waals surface area (Å²) < 4.78 is 1.96. The van der Waals surface area contributed by atoms with Crippen LogP contribution < -0.4 is 5.32 Å². The number of likely N-dealkylation sites (tertiary alicyclic amines) is 1. The standard InChI is InChI=1S/C22H32N4O2/c1-3-26-17(2)21(15-24-26)18-8-10-19(11-9-18)22(28)23-14-20(27)16-25-12-6-4-5-7-13-25/h8-11,15,20,27H,3-7,12-14,16H2,1-2H3,(H,23,28). The Kier molecular flexibility index (Phi) is 7.23. The van der Waals surface area contributed by atoms with Gasteiger partial charge in [-0.2, -0.15) is 5.10 Å². The zero-order chi connectivity index (χ0) is 19.9. The van der Waals surface area contributed by atoms with E-state index in [9.17, 15) is 9.90 Å². The zero-order valence-electron chi connectivity index (χ0n) is 17.0. The summed E-state index contributed by atoms with van der Waals surface area (Å²) in [7, 11) is 0. The number of hydrogen-bond acceptors (Lipinski definition) is 4. The molecule has 2 aromatic rings. The van der Waals surface area contributed by atoms with Crippen LogP contribution in [0, 0.1) is 6.92 Å². The van der Waals surface area contributed by atoms with Gasteiger partial charge in [-0.3, -0.25) is 9.48 Å². The number of β-amino-alcohol motifs (C(OH)–C–C–N with tert-alkyl or cyclic N) is 1. The van der Waals surface area contributed by atoms with Crippen molar-refractivity contribution in [3.63, 3.8) is 0 Å². The van der Waals surface area contributed by atoms with Gasteiger partial charge in [-0.25, -0.2) is 0 Å². The minimum atomic E-state index is -0.538. The van der Waals surface area contributed by atoms with Gasteiger partial charge in [-0.05, 0) is 57.5 Å². The van der Waals surface area contributed by atoms with E-state index in [1.807, 2.05) is 35.1 Å². The van der Waals surface area contributed by atoms with Gasteiger partial charge in [0.05, 0.1) is 12.3 Å². The van der Waals surface area contributed by atoms with Gasteiger partial charge < -0.3 is 15.3 Å². The summed E-state index contributed by atoms with van der Waals surface area (Å²) in [4.78, 5) is 14.7. The van der Waals surface area contributed by atoms with Crippen molar-refractivity contribution in [3.8, 4) is 11.1 Å². The second kappa shape index (κ2) is 9.85. The Morgan fingerprint density at radius 1 is 1.18 bits per heavy atom. The fourth-order valence-electron chi connectivity index (χ4n) is 3.84. The maximum atomic E-state index is 12.4. The number of carbonyl (C=O) groups is 1. The molecule has 1 unspecified atom stereocenters. The molecule has 1 aliphatic rings. The zero-order valence-corrected chi connectivity index (χ0v) is 17.0. The highest BCUT2D eigenvalue weighted by atomic mass is 16.3. The first kappa shape index (κ1) is 20.6. The van der Waals surface area contributed by atoms with E-state index in [0.29, 0.717) is 12.1 Å². The molecule has 0 aliphatic carbocycles. The van der Waals surface area contributed by atoms with Crippen molar-refractivity contribution < 1.29 is 9.90 Å². The molecular weight excluding hydrogens is 352 g/mol. The van der Waals surface area contributed by atoms with Crippen LogP contribution in [0.15, 0.2) is 30.5 Å². The van der Waals surface area contributed by atoms with E-state index in [0.717, 1.165) is 36.5 Å². The third-order valence-electron chi connectivity index (χ3n) is 5.53. The van der Waals surface area contributed by atoms with Gasteiger partial charge in [-0.15, -0.1) is 0 Å². The van der Waals surface area contributed by atoms with Crippen LogP contribution in [0.5, 0.6) is 0 Å². The van der Waals surface area contributed by atoms with E-state index in [4.69, 9.17) is 0 Å². The average molecular weight is 385 g/mol. The van der Waals surface area contributed by atoms with Crippen LogP contribution in [0.2, 0.25) is 0 Å². The molecule has 1 aliphatic heterocycles. The molecule has 1 amide bonds. The normalized spacial score (nSPS) is 16.5. The molecule has 1 saturated heterocycles. The summed E-state index contributed by atoms with van der Waals surface area (Å²) in [5, 5.41) is 17.5. The summed E-state index contributed by atoms with van der Waals surface area (Å²) in [5.74, 6) is -0.151. The van der Waals surface area contributed by atoms with Crippen molar-refractivity contribution in [2.45, 2.75) is 52.2 Å². The lowest BCUT2D eigenvalue weighted by Crippen LogP contribution is -2.40. The Labute approximate surface area is 167 Å². The number of carbonyl (C=O) groups excluding carboxylic acids is 1. The van der Waals surface area contributed by atoms with E-state index >= 15 is 0 Å². The number of nitrogens with one attached hydrogen (secondary N) is 1. The highest BCUT2D eigenvalue weighted by Crippen LogP contribution is 2.23. The van der Waals surface area contributed by atoms with Gasteiger partial charge in [0.1, 0.15) is 0 Å². The topological polar surface area (TPSA) is 70.4 Å². The van der Waals surface area contributed by atoms with Crippen molar-refractivity contribution in [2.75, 3.05) is 26.2 Å².